The molecule has 0 spiro atoms. The molecule has 2 unspecified atom stereocenters. The normalized spacial score (nSPS) is 27.3. The molecule has 5 atom stereocenters. The van der Waals surface area contributed by atoms with Gasteiger partial charge in [-0.25, -0.2) is 14.8 Å². The van der Waals surface area contributed by atoms with Crippen LogP contribution in [-0.2, 0) is 9.47 Å². The van der Waals surface area contributed by atoms with Gasteiger partial charge in [0.25, 0.3) is 0 Å². The standard InChI is InChI=1S/C21H27N3O3S/c1-14-17(12-22-3)15(2)20(28-21-23-10-7-11-24-21)27-18(14)13-26-19(25)16-8-5-4-6-9-16/h4-11,14-15,17-18,20,22H,12-13H2,1-3H3/t14-,15?,17+,18?,20-/m0/s1. The SMILES string of the molecule is CNC[C@H]1C(C)[C@H](Sc2ncccn2)OC(COC(=O)c2ccccc2)[C@H]1C. The van der Waals surface area contributed by atoms with Crippen LogP contribution in [0.2, 0.25) is 0 Å². The predicted octanol–water partition coefficient (Wildman–Crippen LogP) is 3.26. The lowest BCUT2D eigenvalue weighted by atomic mass is 9.78. The number of aromatic nitrogens is 2. The third-order valence-corrected chi connectivity index (χ3v) is 6.46. The zero-order chi connectivity index (χ0) is 19.9. The van der Waals surface area contributed by atoms with Crippen LogP contribution in [0.5, 0.6) is 0 Å². The second-order valence-electron chi connectivity index (χ2n) is 7.10. The Morgan fingerprint density at radius 1 is 1.14 bits per heavy atom. The van der Waals surface area contributed by atoms with Crippen LogP contribution in [0.4, 0.5) is 0 Å². The monoisotopic (exact) mass is 401 g/mol. The maximum absolute atomic E-state index is 12.3. The van der Waals surface area contributed by atoms with Crippen molar-refractivity contribution < 1.29 is 14.3 Å². The van der Waals surface area contributed by atoms with Crippen LogP contribution < -0.4 is 5.32 Å². The molecular weight excluding hydrogens is 374 g/mol. The van der Waals surface area contributed by atoms with Crippen molar-refractivity contribution in [2.75, 3.05) is 20.2 Å². The smallest absolute Gasteiger partial charge is 0.338 e. The number of hydrogen-bond acceptors (Lipinski definition) is 7. The zero-order valence-electron chi connectivity index (χ0n) is 16.4. The Morgan fingerprint density at radius 2 is 1.86 bits per heavy atom. The van der Waals surface area contributed by atoms with E-state index in [9.17, 15) is 4.79 Å². The van der Waals surface area contributed by atoms with E-state index in [-0.39, 0.29) is 30.0 Å². The molecule has 1 aromatic heterocycles. The van der Waals surface area contributed by atoms with Crippen LogP contribution in [0.3, 0.4) is 0 Å². The first kappa shape index (κ1) is 20.8. The summed E-state index contributed by atoms with van der Waals surface area (Å²) in [6.07, 6.45) is 3.29. The van der Waals surface area contributed by atoms with E-state index in [1.165, 1.54) is 11.8 Å². The largest absolute Gasteiger partial charge is 0.459 e. The highest BCUT2D eigenvalue weighted by atomic mass is 32.2. The fourth-order valence-corrected chi connectivity index (χ4v) is 4.64. The molecule has 7 heteroatoms. The van der Waals surface area contributed by atoms with Gasteiger partial charge in [-0.1, -0.05) is 43.8 Å². The lowest BCUT2D eigenvalue weighted by molar-refractivity contribution is -0.117. The number of esters is 1. The third kappa shape index (κ3) is 5.10. The molecule has 0 saturated carbocycles. The average Bonchev–Trinajstić information content (AvgIpc) is 2.73. The molecule has 1 aliphatic heterocycles. The van der Waals surface area contributed by atoms with Gasteiger partial charge in [-0.3, -0.25) is 0 Å². The van der Waals surface area contributed by atoms with Gasteiger partial charge in [-0.15, -0.1) is 0 Å². The van der Waals surface area contributed by atoms with Crippen molar-refractivity contribution in [1.29, 1.82) is 0 Å². The maximum Gasteiger partial charge on any atom is 0.338 e. The molecule has 0 bridgehead atoms. The summed E-state index contributed by atoms with van der Waals surface area (Å²) in [6.45, 7) is 5.47. The zero-order valence-corrected chi connectivity index (χ0v) is 17.3. The van der Waals surface area contributed by atoms with Crippen LogP contribution in [0.1, 0.15) is 24.2 Å². The molecule has 1 saturated heterocycles. The minimum Gasteiger partial charge on any atom is -0.459 e. The molecule has 6 nitrogen and oxygen atoms in total. The first-order chi connectivity index (χ1) is 13.6. The summed E-state index contributed by atoms with van der Waals surface area (Å²) in [5.41, 5.74) is 0.451. The van der Waals surface area contributed by atoms with E-state index in [0.29, 0.717) is 22.6 Å². The Balaban J connectivity index is 1.68. The number of benzene rings is 1. The molecule has 1 N–H and O–H groups in total. The lowest BCUT2D eigenvalue weighted by Gasteiger charge is -2.44. The van der Waals surface area contributed by atoms with Crippen LogP contribution in [-0.4, -0.2) is 47.7 Å². The van der Waals surface area contributed by atoms with E-state index >= 15 is 0 Å². The average molecular weight is 402 g/mol. The van der Waals surface area contributed by atoms with E-state index in [1.54, 1.807) is 30.6 Å². The Hall–Kier alpha value is -1.96. The van der Waals surface area contributed by atoms with Crippen molar-refractivity contribution in [2.24, 2.45) is 17.8 Å². The third-order valence-electron chi connectivity index (χ3n) is 5.27. The Bertz CT molecular complexity index is 747. The molecular formula is C21H27N3O3S. The number of carbonyl (C=O) groups excluding carboxylic acids is 1. The second kappa shape index (κ2) is 10.0. The molecule has 3 rings (SSSR count). The molecule has 0 amide bonds. The number of rotatable bonds is 7. The topological polar surface area (TPSA) is 73.3 Å². The van der Waals surface area contributed by atoms with Crippen molar-refractivity contribution in [3.05, 3.63) is 54.4 Å². The summed E-state index contributed by atoms with van der Waals surface area (Å²) in [5, 5.41) is 3.98. The van der Waals surface area contributed by atoms with E-state index in [4.69, 9.17) is 9.47 Å². The lowest BCUT2D eigenvalue weighted by Crippen LogP contribution is -2.49. The van der Waals surface area contributed by atoms with Gasteiger partial charge in [-0.05, 0) is 49.5 Å². The first-order valence-electron chi connectivity index (χ1n) is 9.56. The molecule has 28 heavy (non-hydrogen) atoms. The van der Waals surface area contributed by atoms with Crippen molar-refractivity contribution >= 4 is 17.7 Å². The van der Waals surface area contributed by atoms with Gasteiger partial charge in [0, 0.05) is 12.4 Å². The molecule has 2 aromatic rings. The molecule has 1 aromatic carbocycles. The van der Waals surface area contributed by atoms with Gasteiger partial charge >= 0.3 is 5.97 Å². The van der Waals surface area contributed by atoms with Crippen LogP contribution in [0.25, 0.3) is 0 Å². The highest BCUT2D eigenvalue weighted by Gasteiger charge is 2.42. The molecule has 0 aliphatic carbocycles. The highest BCUT2D eigenvalue weighted by molar-refractivity contribution is 7.99. The molecule has 0 radical (unpaired) electrons. The first-order valence-corrected chi connectivity index (χ1v) is 10.4. The number of hydrogen-bond donors (Lipinski definition) is 1. The Kier molecular flexibility index (Phi) is 7.42. The number of ether oxygens (including phenoxy) is 2. The van der Waals surface area contributed by atoms with Gasteiger partial charge in [0.05, 0.1) is 11.7 Å². The molecule has 1 fully saturated rings. The van der Waals surface area contributed by atoms with Crippen LogP contribution in [0, 0.1) is 17.8 Å². The van der Waals surface area contributed by atoms with Gasteiger partial charge in [0.2, 0.25) is 0 Å². The van der Waals surface area contributed by atoms with E-state index in [0.717, 1.165) is 6.54 Å². The minimum absolute atomic E-state index is 0.0997. The van der Waals surface area contributed by atoms with Crippen molar-refractivity contribution in [2.45, 2.75) is 30.5 Å². The van der Waals surface area contributed by atoms with Gasteiger partial charge in [-0.2, -0.15) is 0 Å². The number of nitrogens with zero attached hydrogens (tertiary/aromatic N) is 2. The van der Waals surface area contributed by atoms with Crippen LogP contribution in [0.15, 0.2) is 53.9 Å². The molecule has 1 aliphatic rings. The highest BCUT2D eigenvalue weighted by Crippen LogP contribution is 2.41. The summed E-state index contributed by atoms with van der Waals surface area (Å²) in [4.78, 5) is 20.9. The summed E-state index contributed by atoms with van der Waals surface area (Å²) in [7, 11) is 1.96. The predicted molar refractivity (Wildman–Crippen MR) is 109 cm³/mol. The Morgan fingerprint density at radius 3 is 2.54 bits per heavy atom. The van der Waals surface area contributed by atoms with Gasteiger partial charge in [0.15, 0.2) is 5.16 Å². The fraction of sp³-hybridized carbons (Fsp3) is 0.476. The molecule has 2 heterocycles. The van der Waals surface area contributed by atoms with Gasteiger partial charge in [0.1, 0.15) is 12.0 Å². The van der Waals surface area contributed by atoms with E-state index < -0.39 is 0 Å². The summed E-state index contributed by atoms with van der Waals surface area (Å²) in [6, 6.07) is 10.8. The fourth-order valence-electron chi connectivity index (χ4n) is 3.58. The molecule has 150 valence electrons. The number of nitrogens with one attached hydrogen (secondary N) is 1. The van der Waals surface area contributed by atoms with E-state index in [2.05, 4.69) is 29.1 Å². The quantitative estimate of drug-likeness (QED) is 0.564. The number of carbonyl (C=O) groups is 1. The van der Waals surface area contributed by atoms with Crippen molar-refractivity contribution in [1.82, 2.24) is 15.3 Å². The minimum atomic E-state index is -0.323. The Labute approximate surface area is 170 Å². The maximum atomic E-state index is 12.3. The second-order valence-corrected chi connectivity index (χ2v) is 8.16. The van der Waals surface area contributed by atoms with Crippen LogP contribution >= 0.6 is 11.8 Å². The van der Waals surface area contributed by atoms with E-state index in [1.807, 2.05) is 25.2 Å². The summed E-state index contributed by atoms with van der Waals surface area (Å²) in [5.74, 6) is 0.619. The van der Waals surface area contributed by atoms with Crippen molar-refractivity contribution in [3.8, 4) is 0 Å². The number of thioether (sulfide) groups is 1. The van der Waals surface area contributed by atoms with Gasteiger partial charge < -0.3 is 14.8 Å². The van der Waals surface area contributed by atoms with Crippen molar-refractivity contribution in [3.63, 3.8) is 0 Å². The summed E-state index contributed by atoms with van der Waals surface area (Å²) < 4.78 is 11.9. The summed E-state index contributed by atoms with van der Waals surface area (Å²) >= 11 is 1.53.